The van der Waals surface area contributed by atoms with Gasteiger partial charge in [-0.15, -0.1) is 0 Å². The number of imide groups is 1. The minimum atomic E-state index is -3.88. The summed E-state index contributed by atoms with van der Waals surface area (Å²) in [5.74, 6) is -1.86. The van der Waals surface area contributed by atoms with E-state index in [0.717, 1.165) is 13.2 Å². The highest BCUT2D eigenvalue weighted by Gasteiger charge is 2.23. The molecule has 11 heteroatoms. The van der Waals surface area contributed by atoms with Crippen molar-refractivity contribution in [1.82, 2.24) is 10.0 Å². The molecular weight excluding hydrogens is 364 g/mol. The number of sulfonamides is 1. The van der Waals surface area contributed by atoms with Crippen LogP contribution in [-0.4, -0.2) is 46.6 Å². The molecule has 0 saturated carbocycles. The van der Waals surface area contributed by atoms with Crippen LogP contribution >= 0.6 is 11.6 Å². The van der Waals surface area contributed by atoms with Gasteiger partial charge in [0.1, 0.15) is 4.90 Å². The van der Waals surface area contributed by atoms with Crippen molar-refractivity contribution in [2.45, 2.75) is 17.9 Å². The molecule has 0 radical (unpaired) electrons. The van der Waals surface area contributed by atoms with Crippen molar-refractivity contribution in [2.24, 2.45) is 0 Å². The first-order valence-corrected chi connectivity index (χ1v) is 8.31. The van der Waals surface area contributed by atoms with Gasteiger partial charge in [-0.25, -0.2) is 22.7 Å². The van der Waals surface area contributed by atoms with E-state index in [4.69, 9.17) is 16.3 Å². The van der Waals surface area contributed by atoms with Crippen LogP contribution in [-0.2, 0) is 24.3 Å². The van der Waals surface area contributed by atoms with Crippen LogP contribution < -0.4 is 10.0 Å². The number of hydrogen-bond acceptors (Lipinski definition) is 7. The monoisotopic (exact) mass is 378 g/mol. The lowest BCUT2D eigenvalue weighted by molar-refractivity contribution is -0.128. The molecule has 0 aromatic heterocycles. The van der Waals surface area contributed by atoms with Crippen LogP contribution in [0.25, 0.3) is 0 Å². The molecule has 1 atom stereocenters. The molecule has 2 amide bonds. The van der Waals surface area contributed by atoms with Crippen molar-refractivity contribution in [1.29, 1.82) is 0 Å². The summed E-state index contributed by atoms with van der Waals surface area (Å²) in [7, 11) is -1.62. The zero-order chi connectivity index (χ0) is 18.5. The third-order valence-corrected chi connectivity index (χ3v) is 4.68. The molecule has 0 spiro atoms. The van der Waals surface area contributed by atoms with Crippen molar-refractivity contribution >= 4 is 39.6 Å². The minimum Gasteiger partial charge on any atom is -0.453 e. The number of alkyl carbamates (subject to hydrolysis) is 1. The summed E-state index contributed by atoms with van der Waals surface area (Å²) >= 11 is 5.81. The first kappa shape index (κ1) is 19.9. The summed E-state index contributed by atoms with van der Waals surface area (Å²) in [6, 6.07) is 3.47. The summed E-state index contributed by atoms with van der Waals surface area (Å²) in [5, 5.41) is 1.75. The number of benzene rings is 1. The molecule has 0 aliphatic carbocycles. The maximum atomic E-state index is 12.0. The molecule has 0 heterocycles. The lowest BCUT2D eigenvalue weighted by Crippen LogP contribution is -2.39. The third kappa shape index (κ3) is 4.91. The molecule has 1 aromatic carbocycles. The van der Waals surface area contributed by atoms with Crippen LogP contribution in [0.1, 0.15) is 17.3 Å². The Labute approximate surface area is 143 Å². The highest BCUT2D eigenvalue weighted by Crippen LogP contribution is 2.23. The van der Waals surface area contributed by atoms with Gasteiger partial charge >= 0.3 is 12.1 Å². The van der Waals surface area contributed by atoms with E-state index in [1.54, 1.807) is 0 Å². The molecule has 0 fully saturated rings. The maximum absolute atomic E-state index is 12.0. The molecular formula is C13H15ClN2O7S. The van der Waals surface area contributed by atoms with Gasteiger partial charge in [-0.05, 0) is 32.2 Å². The van der Waals surface area contributed by atoms with Gasteiger partial charge in [0.2, 0.25) is 10.0 Å². The van der Waals surface area contributed by atoms with E-state index in [2.05, 4.69) is 9.46 Å². The highest BCUT2D eigenvalue weighted by molar-refractivity contribution is 7.89. The first-order chi connectivity index (χ1) is 11.1. The largest absolute Gasteiger partial charge is 0.453 e. The van der Waals surface area contributed by atoms with Crippen LogP contribution in [0.5, 0.6) is 0 Å². The molecule has 1 rings (SSSR count). The summed E-state index contributed by atoms with van der Waals surface area (Å²) in [6.07, 6.45) is -2.31. The van der Waals surface area contributed by atoms with E-state index in [0.29, 0.717) is 0 Å². The van der Waals surface area contributed by atoms with E-state index in [-0.39, 0.29) is 15.5 Å². The Kier molecular flexibility index (Phi) is 6.70. The Bertz CT molecular complexity index is 764. The Morgan fingerprint density at radius 2 is 1.88 bits per heavy atom. The Morgan fingerprint density at radius 1 is 1.25 bits per heavy atom. The number of hydrogen-bond donors (Lipinski definition) is 2. The first-order valence-electron chi connectivity index (χ1n) is 6.45. The lowest BCUT2D eigenvalue weighted by atomic mass is 10.2. The van der Waals surface area contributed by atoms with E-state index in [1.807, 2.05) is 5.32 Å². The van der Waals surface area contributed by atoms with Crippen molar-refractivity contribution in [3.63, 3.8) is 0 Å². The fraction of sp³-hybridized carbons (Fsp3) is 0.308. The molecule has 24 heavy (non-hydrogen) atoms. The van der Waals surface area contributed by atoms with Crippen LogP contribution in [0.15, 0.2) is 23.1 Å². The van der Waals surface area contributed by atoms with Crippen LogP contribution in [0.3, 0.4) is 0 Å². The zero-order valence-corrected chi connectivity index (χ0v) is 14.5. The quantitative estimate of drug-likeness (QED) is 0.721. The van der Waals surface area contributed by atoms with Gasteiger partial charge in [0.05, 0.1) is 17.7 Å². The number of carbonyl (C=O) groups is 3. The number of carbonyl (C=O) groups excluding carboxylic acids is 3. The molecule has 0 aliphatic heterocycles. The second-order valence-corrected chi connectivity index (χ2v) is 6.64. The predicted octanol–water partition coefficient (Wildman–Crippen LogP) is 0.676. The van der Waals surface area contributed by atoms with Gasteiger partial charge in [-0.1, -0.05) is 11.6 Å². The average Bonchev–Trinajstić information content (AvgIpc) is 2.54. The van der Waals surface area contributed by atoms with E-state index in [1.165, 1.54) is 26.1 Å². The number of ether oxygens (including phenoxy) is 2. The normalized spacial score (nSPS) is 12.2. The molecule has 1 aromatic rings. The number of nitrogens with one attached hydrogen (secondary N) is 2. The Hall–Kier alpha value is -2.17. The lowest BCUT2D eigenvalue weighted by Gasteiger charge is -2.13. The van der Waals surface area contributed by atoms with Gasteiger partial charge in [0.25, 0.3) is 5.91 Å². The average molecular weight is 379 g/mol. The number of rotatable bonds is 5. The Morgan fingerprint density at radius 3 is 2.42 bits per heavy atom. The molecule has 0 bridgehead atoms. The molecule has 0 aliphatic rings. The summed E-state index contributed by atoms with van der Waals surface area (Å²) < 4.78 is 34.8. The second-order valence-electron chi connectivity index (χ2n) is 4.38. The van der Waals surface area contributed by atoms with Crippen molar-refractivity contribution in [2.75, 3.05) is 14.2 Å². The topological polar surface area (TPSA) is 128 Å². The van der Waals surface area contributed by atoms with Crippen LogP contribution in [0.2, 0.25) is 5.02 Å². The van der Waals surface area contributed by atoms with Crippen LogP contribution in [0.4, 0.5) is 4.79 Å². The fourth-order valence-electron chi connectivity index (χ4n) is 1.48. The van der Waals surface area contributed by atoms with Gasteiger partial charge in [-0.3, -0.25) is 10.1 Å². The zero-order valence-electron chi connectivity index (χ0n) is 13.0. The smallest absolute Gasteiger partial charge is 0.413 e. The van der Waals surface area contributed by atoms with Crippen molar-refractivity contribution in [3.8, 4) is 0 Å². The minimum absolute atomic E-state index is 0.0858. The third-order valence-electron chi connectivity index (χ3n) is 2.79. The van der Waals surface area contributed by atoms with Crippen molar-refractivity contribution < 1.29 is 32.3 Å². The van der Waals surface area contributed by atoms with Crippen LogP contribution in [0, 0.1) is 0 Å². The second kappa shape index (κ2) is 8.08. The number of halogens is 1. The molecule has 9 nitrogen and oxygen atoms in total. The molecule has 2 N–H and O–H groups in total. The molecule has 0 saturated heterocycles. The highest BCUT2D eigenvalue weighted by atomic mass is 35.5. The van der Waals surface area contributed by atoms with Gasteiger partial charge in [-0.2, -0.15) is 0 Å². The number of esters is 1. The molecule has 132 valence electrons. The summed E-state index contributed by atoms with van der Waals surface area (Å²) in [4.78, 5) is 34.2. The summed E-state index contributed by atoms with van der Waals surface area (Å²) in [5.41, 5.74) is -0.133. The SMILES string of the molecule is CNS(=O)(=O)c1cc(C(=O)O[C@H](C)C(=O)NC(=O)OC)ccc1Cl. The van der Waals surface area contributed by atoms with Crippen molar-refractivity contribution in [3.05, 3.63) is 28.8 Å². The van der Waals surface area contributed by atoms with Gasteiger partial charge < -0.3 is 9.47 Å². The van der Waals surface area contributed by atoms with E-state index in [9.17, 15) is 22.8 Å². The van der Waals surface area contributed by atoms with Gasteiger partial charge in [0, 0.05) is 0 Å². The standard InChI is InChI=1S/C13H15ClN2O7S/c1-7(11(17)16-13(19)22-3)23-12(18)8-4-5-9(14)10(6-8)24(20,21)15-2/h4-7,15H,1-3H3,(H,16,17,19)/t7-/m1/s1. The van der Waals surface area contributed by atoms with E-state index >= 15 is 0 Å². The Balaban J connectivity index is 2.95. The van der Waals surface area contributed by atoms with Gasteiger partial charge in [0.15, 0.2) is 6.10 Å². The fourth-order valence-corrected chi connectivity index (χ4v) is 2.73. The number of methoxy groups -OCH3 is 1. The predicted molar refractivity (Wildman–Crippen MR) is 83.1 cm³/mol. The number of amides is 2. The summed E-state index contributed by atoms with van der Waals surface area (Å²) in [6.45, 7) is 1.23. The maximum Gasteiger partial charge on any atom is 0.413 e. The van der Waals surface area contributed by atoms with E-state index < -0.39 is 34.1 Å². The molecule has 0 unspecified atom stereocenters.